The number of hydrogen-bond donors (Lipinski definition) is 3. The molecule has 1 aromatic rings. The Balaban J connectivity index is 0.00000169. The number of phenols is 1. The van der Waals surface area contributed by atoms with E-state index in [9.17, 15) is 5.11 Å². The Morgan fingerprint density at radius 3 is 2.36 bits per heavy atom. The third-order valence-corrected chi connectivity index (χ3v) is 2.11. The molecule has 0 aliphatic carbocycles. The molecule has 0 radical (unpaired) electrons. The molecule has 0 heterocycles. The van der Waals surface area contributed by atoms with Crippen molar-refractivity contribution < 1.29 is 28.4 Å². The van der Waals surface area contributed by atoms with Crippen LogP contribution in [-0.4, -0.2) is 16.3 Å². The molecule has 14 heavy (non-hydrogen) atoms. The maximum atomic E-state index is 9.73. The largest absolute Gasteiger partial charge is 1.00 e. The minimum atomic E-state index is -0.555. The van der Waals surface area contributed by atoms with Gasteiger partial charge in [0.1, 0.15) is 17.9 Å². The van der Waals surface area contributed by atoms with Gasteiger partial charge in [0, 0.05) is 0 Å². The van der Waals surface area contributed by atoms with Crippen molar-refractivity contribution in [2.75, 3.05) is 0 Å². The van der Waals surface area contributed by atoms with Gasteiger partial charge in [-0.15, -0.1) is 0 Å². The van der Waals surface area contributed by atoms with Crippen LogP contribution in [0.25, 0.3) is 0 Å². The fraction of sp³-hybridized carbons (Fsp3) is 0.400. The summed E-state index contributed by atoms with van der Waals surface area (Å²) < 4.78 is 0. The fourth-order valence-electron chi connectivity index (χ4n) is 1.30. The summed E-state index contributed by atoms with van der Waals surface area (Å²) in [6.45, 7) is 3.72. The summed E-state index contributed by atoms with van der Waals surface area (Å²) in [5, 5.41) is 18.9. The molecule has 3 nitrogen and oxygen atoms in total. The van der Waals surface area contributed by atoms with Crippen LogP contribution in [0.4, 0.5) is 0 Å². The summed E-state index contributed by atoms with van der Waals surface area (Å²) in [6, 6.07) is 4.90. The Morgan fingerprint density at radius 2 is 1.93 bits per heavy atom. The van der Waals surface area contributed by atoms with Crippen LogP contribution < -0.4 is 18.1 Å². The number of aliphatic hydroxyl groups excluding tert-OH is 1. The number of phenolic OH excluding ortho intramolecular Hbond substituents is 1. The quantitative estimate of drug-likeness (QED) is 0.508. The van der Waals surface area contributed by atoms with Gasteiger partial charge in [-0.1, -0.05) is 6.07 Å². The van der Waals surface area contributed by atoms with Crippen LogP contribution in [-0.2, 0) is 0 Å². The zero-order valence-electron chi connectivity index (χ0n) is 8.37. The third-order valence-electron chi connectivity index (χ3n) is 2.11. The van der Waals surface area contributed by atoms with E-state index in [1.54, 1.807) is 18.2 Å². The van der Waals surface area contributed by atoms with Gasteiger partial charge in [-0.25, -0.2) is 0 Å². The molecule has 1 rings (SSSR count). The van der Waals surface area contributed by atoms with E-state index in [0.29, 0.717) is 0 Å². The summed E-state index contributed by atoms with van der Waals surface area (Å²) in [4.78, 5) is 0. The summed E-state index contributed by atoms with van der Waals surface area (Å²) in [7, 11) is 0. The summed E-state index contributed by atoms with van der Waals surface area (Å²) in [5.41, 5.74) is 5.49. The van der Waals surface area contributed by atoms with Crippen LogP contribution in [0, 0.1) is 6.92 Å². The van der Waals surface area contributed by atoms with Crippen molar-refractivity contribution >= 4 is 0 Å². The second-order valence-corrected chi connectivity index (χ2v) is 3.46. The molecule has 4 heteroatoms. The van der Waals surface area contributed by atoms with Crippen molar-refractivity contribution in [3.05, 3.63) is 29.3 Å². The minimum absolute atomic E-state index is 0. The molecule has 1 aromatic carbocycles. The molecule has 0 saturated carbocycles. The average Bonchev–Trinajstić information content (AvgIpc) is 2.03. The van der Waals surface area contributed by atoms with Gasteiger partial charge >= 0.3 is 0 Å². The first kappa shape index (κ1) is 13.2. The maximum absolute atomic E-state index is 9.73. The van der Waals surface area contributed by atoms with Crippen LogP contribution in [0.2, 0.25) is 0 Å². The van der Waals surface area contributed by atoms with Crippen LogP contribution >= 0.6 is 0 Å². The van der Waals surface area contributed by atoms with Crippen LogP contribution in [0.15, 0.2) is 18.2 Å². The van der Waals surface area contributed by atoms with Crippen LogP contribution in [0.1, 0.15) is 24.2 Å². The predicted molar refractivity (Wildman–Crippen MR) is 50.2 cm³/mol. The number of quaternary nitrogens is 1. The lowest BCUT2D eigenvalue weighted by atomic mass is 9.99. The first-order chi connectivity index (χ1) is 6.02. The van der Waals surface area contributed by atoms with Gasteiger partial charge in [0.15, 0.2) is 0 Å². The van der Waals surface area contributed by atoms with E-state index in [1.807, 2.05) is 13.8 Å². The van der Waals surface area contributed by atoms with E-state index >= 15 is 0 Å². The highest BCUT2D eigenvalue weighted by Gasteiger charge is 2.17. The van der Waals surface area contributed by atoms with Gasteiger partial charge < -0.3 is 28.4 Å². The lowest BCUT2D eigenvalue weighted by molar-refractivity contribution is -0.433. The van der Waals surface area contributed by atoms with Crippen LogP contribution in [0.3, 0.4) is 0 Å². The van der Waals surface area contributed by atoms with Gasteiger partial charge in [-0.3, -0.25) is 0 Å². The van der Waals surface area contributed by atoms with Gasteiger partial charge in [0.2, 0.25) is 0 Å². The molecule has 0 fully saturated rings. The third kappa shape index (κ3) is 2.87. The number of aromatic hydroxyl groups is 1. The summed E-state index contributed by atoms with van der Waals surface area (Å²) in [6.07, 6.45) is -0.555. The van der Waals surface area contributed by atoms with Gasteiger partial charge in [-0.2, -0.15) is 0 Å². The smallest absolute Gasteiger partial charge is 0.130 e. The number of hydrogen-bond acceptors (Lipinski definition) is 2. The Labute approximate surface area is 90.0 Å². The molecule has 0 spiro atoms. The van der Waals surface area contributed by atoms with Gasteiger partial charge in [0.25, 0.3) is 0 Å². The van der Waals surface area contributed by atoms with Crippen molar-refractivity contribution in [3.8, 4) is 5.75 Å². The van der Waals surface area contributed by atoms with Crippen LogP contribution in [0.5, 0.6) is 5.75 Å². The van der Waals surface area contributed by atoms with E-state index in [2.05, 4.69) is 5.73 Å². The zero-order chi connectivity index (χ0) is 10.0. The first-order valence-electron chi connectivity index (χ1n) is 4.33. The van der Waals surface area contributed by atoms with Crippen molar-refractivity contribution in [3.63, 3.8) is 0 Å². The Kier molecular flexibility index (Phi) is 4.91. The molecule has 5 N–H and O–H groups in total. The highest BCUT2D eigenvalue weighted by Crippen LogP contribution is 2.22. The van der Waals surface area contributed by atoms with Crippen molar-refractivity contribution in [1.29, 1.82) is 0 Å². The summed E-state index contributed by atoms with van der Waals surface area (Å²) in [5.74, 6) is 0.227. The Hall–Kier alpha value is -0.770. The highest BCUT2D eigenvalue weighted by atomic mass is 35.5. The predicted octanol–water partition coefficient (Wildman–Crippen LogP) is -2.63. The van der Waals surface area contributed by atoms with E-state index in [-0.39, 0.29) is 24.2 Å². The molecule has 0 saturated heterocycles. The van der Waals surface area contributed by atoms with E-state index in [1.165, 1.54) is 0 Å². The molecule has 80 valence electrons. The standard InChI is InChI=1S/C10H15NO2.ClH/c1-6-5-8(12)3-4-9(6)10(13)7(2)11;/h3-5,7,10,12-13H,11H2,1-2H3;1H. The Bertz CT molecular complexity index is 302. The first-order valence-corrected chi connectivity index (χ1v) is 4.33. The Morgan fingerprint density at radius 1 is 1.36 bits per heavy atom. The molecule has 0 amide bonds. The number of aryl methyl sites for hydroxylation is 1. The molecule has 2 atom stereocenters. The molecular formula is C10H16ClNO2. The van der Waals surface area contributed by atoms with E-state index in [4.69, 9.17) is 5.11 Å². The average molecular weight is 218 g/mol. The highest BCUT2D eigenvalue weighted by molar-refractivity contribution is 5.35. The van der Waals surface area contributed by atoms with E-state index in [0.717, 1.165) is 11.1 Å². The lowest BCUT2D eigenvalue weighted by Crippen LogP contribution is -3.00. The normalized spacial score (nSPS) is 14.3. The van der Waals surface area contributed by atoms with Gasteiger partial charge in [-0.05, 0) is 37.1 Å². The molecular weight excluding hydrogens is 202 g/mol. The van der Waals surface area contributed by atoms with Crippen molar-refractivity contribution in [2.45, 2.75) is 26.0 Å². The molecule has 0 aliphatic heterocycles. The topological polar surface area (TPSA) is 68.1 Å². The zero-order valence-corrected chi connectivity index (χ0v) is 9.12. The summed E-state index contributed by atoms with van der Waals surface area (Å²) >= 11 is 0. The number of aliphatic hydroxyl groups is 1. The molecule has 2 unspecified atom stereocenters. The van der Waals surface area contributed by atoms with E-state index < -0.39 is 6.10 Å². The molecule has 0 aromatic heterocycles. The second kappa shape index (κ2) is 5.20. The number of rotatable bonds is 2. The number of halogens is 1. The maximum Gasteiger partial charge on any atom is 0.130 e. The molecule has 0 aliphatic rings. The second-order valence-electron chi connectivity index (χ2n) is 3.46. The monoisotopic (exact) mass is 217 g/mol. The van der Waals surface area contributed by atoms with Crippen molar-refractivity contribution in [1.82, 2.24) is 0 Å². The lowest BCUT2D eigenvalue weighted by Gasteiger charge is -2.14. The molecule has 0 bridgehead atoms. The van der Waals surface area contributed by atoms with Gasteiger partial charge in [0.05, 0.1) is 0 Å². The number of benzene rings is 1. The minimum Gasteiger partial charge on any atom is -1.00 e. The van der Waals surface area contributed by atoms with Crippen molar-refractivity contribution in [2.24, 2.45) is 0 Å². The SMILES string of the molecule is Cc1cc(O)ccc1C(O)C(C)[NH3+].[Cl-]. The fourth-order valence-corrected chi connectivity index (χ4v) is 1.30.